The highest BCUT2D eigenvalue weighted by atomic mass is 32.2. The molecule has 2 aromatic rings. The highest BCUT2D eigenvalue weighted by Gasteiger charge is 2.23. The summed E-state index contributed by atoms with van der Waals surface area (Å²) in [7, 11) is 1.98. The van der Waals surface area contributed by atoms with Gasteiger partial charge in [-0.25, -0.2) is 4.98 Å². The Bertz CT molecular complexity index is 693. The molecule has 1 aliphatic heterocycles. The van der Waals surface area contributed by atoms with E-state index in [1.807, 2.05) is 47.0 Å². The van der Waals surface area contributed by atoms with Crippen molar-refractivity contribution in [3.8, 4) is 0 Å². The first-order valence-corrected chi connectivity index (χ1v) is 9.25. The average Bonchev–Trinajstić information content (AvgIpc) is 3.04. The molecular weight excluding hydrogens is 322 g/mol. The fraction of sp³-hybridized carbons (Fsp3) is 0.444. The van der Waals surface area contributed by atoms with Gasteiger partial charge in [0.05, 0.1) is 0 Å². The molecule has 0 saturated carbocycles. The first-order valence-electron chi connectivity index (χ1n) is 8.26. The highest BCUT2D eigenvalue weighted by molar-refractivity contribution is 7.98. The summed E-state index contributed by atoms with van der Waals surface area (Å²) in [5.74, 6) is 1.23. The van der Waals surface area contributed by atoms with Crippen molar-refractivity contribution in [3.63, 3.8) is 0 Å². The Balaban J connectivity index is 1.62. The standard InChI is InChI=1S/C18H23N3O2S/c1-20-10-7-19-18(20)24-13-15-3-2-4-16(11-15)17(23)21-8-5-14(12-22)6-9-21/h2-4,7,10-11,14,22H,5-6,8-9,12-13H2,1H3. The lowest BCUT2D eigenvalue weighted by atomic mass is 9.97. The van der Waals surface area contributed by atoms with Crippen LogP contribution in [0.5, 0.6) is 0 Å². The lowest BCUT2D eigenvalue weighted by molar-refractivity contribution is 0.0651. The van der Waals surface area contributed by atoms with Crippen LogP contribution in [0, 0.1) is 5.92 Å². The van der Waals surface area contributed by atoms with Crippen LogP contribution in [0.15, 0.2) is 41.8 Å². The van der Waals surface area contributed by atoms with Gasteiger partial charge in [-0.1, -0.05) is 23.9 Å². The van der Waals surface area contributed by atoms with Gasteiger partial charge in [0.2, 0.25) is 0 Å². The fourth-order valence-electron chi connectivity index (χ4n) is 2.93. The van der Waals surface area contributed by atoms with Gasteiger partial charge in [0, 0.05) is 50.5 Å². The number of piperidine rings is 1. The third kappa shape index (κ3) is 3.99. The molecule has 1 saturated heterocycles. The summed E-state index contributed by atoms with van der Waals surface area (Å²) in [6.07, 6.45) is 5.49. The third-order valence-electron chi connectivity index (χ3n) is 4.48. The molecule has 2 heterocycles. The number of benzene rings is 1. The first kappa shape index (κ1) is 17.0. The van der Waals surface area contributed by atoms with Crippen LogP contribution < -0.4 is 0 Å². The molecule has 1 amide bonds. The summed E-state index contributed by atoms with van der Waals surface area (Å²) in [6, 6.07) is 7.86. The number of nitrogens with zero attached hydrogens (tertiary/aromatic N) is 3. The van der Waals surface area contributed by atoms with E-state index >= 15 is 0 Å². The summed E-state index contributed by atoms with van der Waals surface area (Å²) in [5.41, 5.74) is 1.87. The second kappa shape index (κ2) is 7.85. The number of imidazole rings is 1. The summed E-state index contributed by atoms with van der Waals surface area (Å²) in [4.78, 5) is 18.9. The second-order valence-corrected chi connectivity index (χ2v) is 7.17. The van der Waals surface area contributed by atoms with Gasteiger partial charge in [-0.2, -0.15) is 0 Å². The molecule has 5 nitrogen and oxygen atoms in total. The van der Waals surface area contributed by atoms with Gasteiger partial charge in [0.25, 0.3) is 5.91 Å². The molecule has 1 N–H and O–H groups in total. The normalized spacial score (nSPS) is 15.7. The van der Waals surface area contributed by atoms with Crippen LogP contribution in [0.4, 0.5) is 0 Å². The number of carbonyl (C=O) groups excluding carboxylic acids is 1. The zero-order valence-electron chi connectivity index (χ0n) is 13.9. The molecule has 1 aromatic carbocycles. The third-order valence-corrected chi connectivity index (χ3v) is 5.61. The number of aromatic nitrogens is 2. The number of carbonyl (C=O) groups is 1. The SMILES string of the molecule is Cn1ccnc1SCc1cccc(C(=O)N2CCC(CO)CC2)c1. The predicted octanol–water partition coefficient (Wildman–Crippen LogP) is 2.56. The molecule has 0 spiro atoms. The van der Waals surface area contributed by atoms with Crippen molar-refractivity contribution < 1.29 is 9.90 Å². The van der Waals surface area contributed by atoms with Crippen LogP contribution in [-0.2, 0) is 12.8 Å². The number of hydrogen-bond donors (Lipinski definition) is 1. The Kier molecular flexibility index (Phi) is 5.58. The molecule has 6 heteroatoms. The molecule has 1 aromatic heterocycles. The number of aliphatic hydroxyl groups excluding tert-OH is 1. The molecule has 0 radical (unpaired) electrons. The van der Waals surface area contributed by atoms with Crippen LogP contribution in [0.25, 0.3) is 0 Å². The average molecular weight is 345 g/mol. The minimum Gasteiger partial charge on any atom is -0.396 e. The Morgan fingerprint density at radius 1 is 1.38 bits per heavy atom. The van der Waals surface area contributed by atoms with E-state index in [-0.39, 0.29) is 12.5 Å². The smallest absolute Gasteiger partial charge is 0.253 e. The molecule has 24 heavy (non-hydrogen) atoms. The van der Waals surface area contributed by atoms with Gasteiger partial charge < -0.3 is 14.6 Å². The van der Waals surface area contributed by atoms with E-state index in [0.29, 0.717) is 5.92 Å². The van der Waals surface area contributed by atoms with Gasteiger partial charge >= 0.3 is 0 Å². The molecule has 0 bridgehead atoms. The first-order chi connectivity index (χ1) is 11.7. The summed E-state index contributed by atoms with van der Waals surface area (Å²) >= 11 is 1.67. The Morgan fingerprint density at radius 3 is 2.83 bits per heavy atom. The highest BCUT2D eigenvalue weighted by Crippen LogP contribution is 2.22. The largest absolute Gasteiger partial charge is 0.396 e. The molecule has 0 atom stereocenters. The number of likely N-dealkylation sites (tertiary alicyclic amines) is 1. The Hall–Kier alpha value is -1.79. The minimum atomic E-state index is 0.0928. The summed E-state index contributed by atoms with van der Waals surface area (Å²) in [6.45, 7) is 1.69. The van der Waals surface area contributed by atoms with Crippen LogP contribution in [0.3, 0.4) is 0 Å². The summed E-state index contributed by atoms with van der Waals surface area (Å²) in [5, 5.41) is 10.2. The van der Waals surface area contributed by atoms with Crippen molar-refractivity contribution in [2.24, 2.45) is 13.0 Å². The number of hydrogen-bond acceptors (Lipinski definition) is 4. The molecule has 1 aliphatic rings. The van der Waals surface area contributed by atoms with Crippen molar-refractivity contribution in [1.82, 2.24) is 14.5 Å². The lowest BCUT2D eigenvalue weighted by Gasteiger charge is -2.31. The van der Waals surface area contributed by atoms with Crippen molar-refractivity contribution >= 4 is 17.7 Å². The quantitative estimate of drug-likeness (QED) is 0.846. The zero-order valence-corrected chi connectivity index (χ0v) is 14.7. The Morgan fingerprint density at radius 2 is 2.17 bits per heavy atom. The monoisotopic (exact) mass is 345 g/mol. The maximum atomic E-state index is 12.7. The second-order valence-electron chi connectivity index (χ2n) is 6.23. The molecular formula is C18H23N3O2S. The number of aliphatic hydroxyl groups is 1. The van der Waals surface area contributed by atoms with Crippen molar-refractivity contribution in [2.45, 2.75) is 23.8 Å². The molecule has 128 valence electrons. The lowest BCUT2D eigenvalue weighted by Crippen LogP contribution is -2.39. The van der Waals surface area contributed by atoms with E-state index in [1.165, 1.54) is 0 Å². The van der Waals surface area contributed by atoms with Crippen molar-refractivity contribution in [2.75, 3.05) is 19.7 Å². The Labute approximate surface area is 146 Å². The number of aryl methyl sites for hydroxylation is 1. The molecule has 0 unspecified atom stereocenters. The van der Waals surface area contributed by atoms with Gasteiger partial charge in [-0.3, -0.25) is 4.79 Å². The van der Waals surface area contributed by atoms with E-state index in [4.69, 9.17) is 0 Å². The van der Waals surface area contributed by atoms with Gasteiger partial charge in [-0.05, 0) is 36.5 Å². The van der Waals surface area contributed by atoms with E-state index in [1.54, 1.807) is 18.0 Å². The van der Waals surface area contributed by atoms with Gasteiger partial charge in [0.1, 0.15) is 0 Å². The van der Waals surface area contributed by atoms with Crippen LogP contribution in [-0.4, -0.2) is 45.2 Å². The maximum Gasteiger partial charge on any atom is 0.253 e. The predicted molar refractivity (Wildman–Crippen MR) is 94.9 cm³/mol. The van der Waals surface area contributed by atoms with E-state index in [0.717, 1.165) is 48.0 Å². The fourth-order valence-corrected chi connectivity index (χ4v) is 3.81. The minimum absolute atomic E-state index is 0.0928. The zero-order chi connectivity index (χ0) is 16.9. The van der Waals surface area contributed by atoms with Crippen LogP contribution in [0.2, 0.25) is 0 Å². The van der Waals surface area contributed by atoms with Gasteiger partial charge in [-0.15, -0.1) is 0 Å². The van der Waals surface area contributed by atoms with Crippen LogP contribution >= 0.6 is 11.8 Å². The number of thioether (sulfide) groups is 1. The van der Waals surface area contributed by atoms with E-state index in [9.17, 15) is 9.90 Å². The topological polar surface area (TPSA) is 58.4 Å². The van der Waals surface area contributed by atoms with E-state index < -0.39 is 0 Å². The number of amides is 1. The maximum absolute atomic E-state index is 12.7. The number of rotatable bonds is 5. The summed E-state index contributed by atoms with van der Waals surface area (Å²) < 4.78 is 1.99. The van der Waals surface area contributed by atoms with Gasteiger partial charge in [0.15, 0.2) is 5.16 Å². The molecule has 0 aliphatic carbocycles. The molecule has 3 rings (SSSR count). The molecule has 1 fully saturated rings. The van der Waals surface area contributed by atoms with Crippen LogP contribution in [0.1, 0.15) is 28.8 Å². The van der Waals surface area contributed by atoms with Crippen molar-refractivity contribution in [3.05, 3.63) is 47.8 Å². The van der Waals surface area contributed by atoms with E-state index in [2.05, 4.69) is 4.98 Å². The van der Waals surface area contributed by atoms with Crippen molar-refractivity contribution in [1.29, 1.82) is 0 Å².